The molecule has 8 rings (SSSR count). The van der Waals surface area contributed by atoms with Gasteiger partial charge in [0, 0.05) is 28.7 Å². The van der Waals surface area contributed by atoms with E-state index in [1.54, 1.807) is 36.4 Å². The molecule has 0 N–H and O–H groups in total. The summed E-state index contributed by atoms with van der Waals surface area (Å²) in [5.74, 6) is -0.620. The molecule has 4 aromatic carbocycles. The Morgan fingerprint density at radius 1 is 0.465 bits per heavy atom. The van der Waals surface area contributed by atoms with E-state index >= 15 is 0 Å². The van der Waals surface area contributed by atoms with E-state index in [-0.39, 0.29) is 73.9 Å². The predicted octanol–water partition coefficient (Wildman–Crippen LogP) is 9.44. The molecule has 4 aliphatic rings. The first-order valence-electron chi connectivity index (χ1n) is 24.0. The number of benzene rings is 4. The lowest BCUT2D eigenvalue weighted by molar-refractivity contribution is -0.143. The van der Waals surface area contributed by atoms with Gasteiger partial charge in [0.25, 0.3) is 0 Å². The van der Waals surface area contributed by atoms with Crippen LogP contribution in [-0.4, -0.2) is 74.8 Å². The Morgan fingerprint density at radius 2 is 0.831 bits per heavy atom. The van der Waals surface area contributed by atoms with Gasteiger partial charge in [-0.15, -0.1) is 0 Å². The Hall–Kier alpha value is -7.30. The minimum atomic E-state index is -0.952. The lowest BCUT2D eigenvalue weighted by Gasteiger charge is -2.29. The zero-order valence-electron chi connectivity index (χ0n) is 39.3. The Morgan fingerprint density at radius 3 is 1.20 bits per heavy atom. The maximum absolute atomic E-state index is 13.4. The third kappa shape index (κ3) is 12.7. The summed E-state index contributed by atoms with van der Waals surface area (Å²) in [6.45, 7) is 7.55. The van der Waals surface area contributed by atoms with Gasteiger partial charge in [0.2, 0.25) is 0 Å². The van der Waals surface area contributed by atoms with Crippen molar-refractivity contribution in [1.29, 1.82) is 0 Å². The Balaban J connectivity index is 0.821. The number of esters is 4. The van der Waals surface area contributed by atoms with Crippen LogP contribution in [0.3, 0.4) is 0 Å². The van der Waals surface area contributed by atoms with Crippen molar-refractivity contribution in [1.82, 2.24) is 0 Å². The van der Waals surface area contributed by atoms with Gasteiger partial charge in [0.05, 0.1) is 37.3 Å². The third-order valence-corrected chi connectivity index (χ3v) is 13.4. The van der Waals surface area contributed by atoms with Gasteiger partial charge in [0.1, 0.15) is 47.7 Å². The summed E-state index contributed by atoms with van der Waals surface area (Å²) < 4.78 is 55.7. The largest absolute Gasteiger partial charge is 0.519 e. The second kappa shape index (κ2) is 23.5. The molecule has 0 aliphatic heterocycles. The normalized spacial score (nSPS) is 20.8. The molecule has 0 atom stereocenters. The number of fused-ring (bicyclic) bond motifs is 4. The summed E-state index contributed by atoms with van der Waals surface area (Å²) in [4.78, 5) is 75.1. The first-order valence-corrected chi connectivity index (χ1v) is 24.0. The van der Waals surface area contributed by atoms with Gasteiger partial charge in [-0.1, -0.05) is 37.4 Å². The zero-order chi connectivity index (χ0) is 49.7. The lowest BCUT2D eigenvalue weighted by atomic mass is 9.76. The second-order valence-corrected chi connectivity index (χ2v) is 17.8. The SMILES string of the molecule is C=CC(=O)OCCOC1CCC(C(=O)Oc2ccc(OC(=O)Oc3cccc4c3C3(CC4)CCc4cccc(OC(=O)Oc5ccc(OC(=O)C6CCC(OCCOC(=O)C=C)CC6)cc5)c43)cc2)CC1. The minimum absolute atomic E-state index is 0.0292. The van der Waals surface area contributed by atoms with Crippen LogP contribution in [0.25, 0.3) is 0 Å². The summed E-state index contributed by atoms with van der Waals surface area (Å²) in [5.41, 5.74) is 3.03. The summed E-state index contributed by atoms with van der Waals surface area (Å²) in [7, 11) is 0. The van der Waals surface area contributed by atoms with Gasteiger partial charge >= 0.3 is 36.2 Å². The highest BCUT2D eigenvalue weighted by atomic mass is 16.7. The Labute approximate surface area is 411 Å². The van der Waals surface area contributed by atoms with Crippen molar-refractivity contribution in [3.8, 4) is 34.5 Å². The number of aryl methyl sites for hydroxylation is 2. The van der Waals surface area contributed by atoms with E-state index in [9.17, 15) is 28.8 Å². The lowest BCUT2D eigenvalue weighted by Crippen LogP contribution is -2.29. The van der Waals surface area contributed by atoms with Crippen LogP contribution in [0.15, 0.2) is 110 Å². The molecular weight excluding hydrogens is 917 g/mol. The van der Waals surface area contributed by atoms with Crippen LogP contribution in [0, 0.1) is 11.8 Å². The maximum atomic E-state index is 13.4. The first-order chi connectivity index (χ1) is 34.5. The molecular formula is C55H56O16. The van der Waals surface area contributed by atoms with Crippen LogP contribution in [0.1, 0.15) is 86.5 Å². The van der Waals surface area contributed by atoms with Crippen LogP contribution in [0.4, 0.5) is 9.59 Å². The number of carbonyl (C=O) groups is 6. The highest BCUT2D eigenvalue weighted by Crippen LogP contribution is 2.57. The number of carbonyl (C=O) groups excluding carboxylic acids is 6. The van der Waals surface area contributed by atoms with Gasteiger partial charge in [-0.05, 0) is 149 Å². The molecule has 0 amide bonds. The molecule has 0 aromatic heterocycles. The van der Waals surface area contributed by atoms with Crippen LogP contribution in [0.5, 0.6) is 34.5 Å². The monoisotopic (exact) mass is 972 g/mol. The summed E-state index contributed by atoms with van der Waals surface area (Å²) in [6.07, 6.45) is 8.11. The van der Waals surface area contributed by atoms with Crippen molar-refractivity contribution >= 4 is 36.2 Å². The fourth-order valence-electron chi connectivity index (χ4n) is 10.00. The highest BCUT2D eigenvalue weighted by Gasteiger charge is 2.49. The summed E-state index contributed by atoms with van der Waals surface area (Å²) in [5, 5.41) is 0. The number of ether oxygens (including phenoxy) is 10. The van der Waals surface area contributed by atoms with E-state index in [1.165, 1.54) is 24.3 Å². The first kappa shape index (κ1) is 50.1. The molecule has 2 fully saturated rings. The molecule has 0 bridgehead atoms. The molecule has 4 aliphatic carbocycles. The fourth-order valence-corrected chi connectivity index (χ4v) is 10.00. The topological polar surface area (TPSA) is 195 Å². The number of rotatable bonds is 18. The smallest absolute Gasteiger partial charge is 0.460 e. The molecule has 2 saturated carbocycles. The van der Waals surface area contributed by atoms with Crippen molar-refractivity contribution < 1.29 is 76.1 Å². The quantitative estimate of drug-likeness (QED) is 0.0300. The minimum Gasteiger partial charge on any atom is -0.460 e. The van der Waals surface area contributed by atoms with Crippen molar-refractivity contribution in [3.63, 3.8) is 0 Å². The van der Waals surface area contributed by atoms with Crippen molar-refractivity contribution in [2.75, 3.05) is 26.4 Å². The van der Waals surface area contributed by atoms with Crippen LogP contribution in [-0.2, 0) is 56.4 Å². The average Bonchev–Trinajstić information content (AvgIpc) is 3.96. The zero-order valence-corrected chi connectivity index (χ0v) is 39.3. The van der Waals surface area contributed by atoms with Gasteiger partial charge in [0.15, 0.2) is 0 Å². The Kier molecular flexibility index (Phi) is 16.6. The molecule has 16 nitrogen and oxygen atoms in total. The molecule has 4 aromatic rings. The summed E-state index contributed by atoms with van der Waals surface area (Å²) in [6, 6.07) is 23.4. The maximum Gasteiger partial charge on any atom is 0.519 e. The average molecular weight is 973 g/mol. The number of hydrogen-bond acceptors (Lipinski definition) is 16. The molecule has 0 saturated heterocycles. The fraction of sp³-hybridized carbons (Fsp3) is 0.382. The van der Waals surface area contributed by atoms with E-state index in [0.717, 1.165) is 34.4 Å². The number of hydrogen-bond donors (Lipinski definition) is 0. The Bertz CT molecular complexity index is 2410. The van der Waals surface area contributed by atoms with Crippen molar-refractivity contribution in [3.05, 3.63) is 132 Å². The predicted molar refractivity (Wildman–Crippen MR) is 253 cm³/mol. The van der Waals surface area contributed by atoms with E-state index in [4.69, 9.17) is 47.4 Å². The van der Waals surface area contributed by atoms with E-state index in [2.05, 4.69) is 13.2 Å². The van der Waals surface area contributed by atoms with E-state index < -0.39 is 29.7 Å². The molecule has 0 heterocycles. The highest BCUT2D eigenvalue weighted by molar-refractivity contribution is 5.81. The van der Waals surface area contributed by atoms with E-state index in [1.807, 2.05) is 24.3 Å². The third-order valence-electron chi connectivity index (χ3n) is 13.4. The molecule has 71 heavy (non-hydrogen) atoms. The summed E-state index contributed by atoms with van der Waals surface area (Å²) >= 11 is 0. The van der Waals surface area contributed by atoms with Gasteiger partial charge in [-0.25, -0.2) is 19.2 Å². The van der Waals surface area contributed by atoms with Gasteiger partial charge < -0.3 is 47.4 Å². The van der Waals surface area contributed by atoms with Gasteiger partial charge in [-0.3, -0.25) is 9.59 Å². The van der Waals surface area contributed by atoms with Crippen molar-refractivity contribution in [2.45, 2.75) is 94.7 Å². The standard InChI is InChI=1S/C55H56O16/c1-3-47(56)64-33-31-62-39-15-11-37(12-16-39)51(58)66-41-19-23-43(24-20-41)68-53(60)70-45-9-5-7-35-27-29-55(49(35)45)30-28-36-8-6-10-46(50(36)55)71-54(61)69-44-25-21-42(22-26-44)67-52(59)38-13-17-40(18-14-38)63-32-34-65-48(57)4-2/h3-10,19-26,37-40H,1-2,11-18,27-34H2. The molecule has 1 spiro atoms. The van der Waals surface area contributed by atoms with Crippen LogP contribution >= 0.6 is 0 Å². The molecule has 0 unspecified atom stereocenters. The van der Waals surface area contributed by atoms with Crippen LogP contribution < -0.4 is 28.4 Å². The molecule has 372 valence electrons. The van der Waals surface area contributed by atoms with Crippen LogP contribution in [0.2, 0.25) is 0 Å². The molecule has 16 heteroatoms. The second-order valence-electron chi connectivity index (χ2n) is 17.8. The van der Waals surface area contributed by atoms with Crippen molar-refractivity contribution in [2.24, 2.45) is 11.8 Å². The van der Waals surface area contributed by atoms with E-state index in [0.29, 0.717) is 100 Å². The molecule has 0 radical (unpaired) electrons. The van der Waals surface area contributed by atoms with Gasteiger partial charge in [-0.2, -0.15) is 0 Å².